The van der Waals surface area contributed by atoms with Crippen molar-refractivity contribution in [2.24, 2.45) is 0 Å². The van der Waals surface area contributed by atoms with Gasteiger partial charge in [-0.15, -0.1) is 0 Å². The minimum absolute atomic E-state index is 0.157. The zero-order valence-electron chi connectivity index (χ0n) is 9.56. The summed E-state index contributed by atoms with van der Waals surface area (Å²) in [4.78, 5) is 14.4. The largest absolute Gasteiger partial charge is 0.388 e. The van der Waals surface area contributed by atoms with E-state index in [1.807, 2.05) is 0 Å². The summed E-state index contributed by atoms with van der Waals surface area (Å²) >= 11 is 0. The summed E-state index contributed by atoms with van der Waals surface area (Å²) in [6.07, 6.45) is -2.34. The Labute approximate surface area is 105 Å². The molecule has 1 unspecified atom stereocenters. The number of hydrogen-bond acceptors (Lipinski definition) is 7. The molecule has 2 aromatic heterocycles. The summed E-state index contributed by atoms with van der Waals surface area (Å²) in [5.41, 5.74) is 0.826. The first kappa shape index (κ1) is 12.4. The lowest BCUT2D eigenvalue weighted by Crippen LogP contribution is -2.56. The molecule has 4 atom stereocenters. The zero-order chi connectivity index (χ0) is 13.6. The number of aliphatic hydroxyl groups excluding tert-OH is 2. The fourth-order valence-electron chi connectivity index (χ4n) is 1.96. The molecule has 3 rings (SSSR count). The van der Waals surface area contributed by atoms with Gasteiger partial charge < -0.3 is 25.0 Å². The Morgan fingerprint density at radius 2 is 2.21 bits per heavy atom. The third-order valence-electron chi connectivity index (χ3n) is 3.01. The number of ether oxygens (including phenoxy) is 1. The van der Waals surface area contributed by atoms with Gasteiger partial charge in [0.2, 0.25) is 0 Å². The monoisotopic (exact) mass is 270 g/mol. The van der Waals surface area contributed by atoms with Crippen LogP contribution in [-0.2, 0) is 4.74 Å². The topological polar surface area (TPSA) is 124 Å². The summed E-state index contributed by atoms with van der Waals surface area (Å²) in [5, 5.41) is 28.4. The maximum absolute atomic E-state index is 14.1. The van der Waals surface area contributed by atoms with Crippen LogP contribution < -0.4 is 0 Å². The molecule has 0 saturated carbocycles. The zero-order valence-corrected chi connectivity index (χ0v) is 9.56. The number of imidazole rings is 1. The van der Waals surface area contributed by atoms with E-state index in [0.29, 0.717) is 5.52 Å². The molecule has 0 amide bonds. The van der Waals surface area contributed by atoms with Crippen molar-refractivity contribution in [1.29, 1.82) is 0 Å². The summed E-state index contributed by atoms with van der Waals surface area (Å²) in [6.45, 7) is -0.333. The van der Waals surface area contributed by atoms with E-state index >= 15 is 0 Å². The van der Waals surface area contributed by atoms with Gasteiger partial charge in [0.05, 0.1) is 19.1 Å². The van der Waals surface area contributed by atoms with Crippen LogP contribution in [0.15, 0.2) is 12.5 Å². The van der Waals surface area contributed by atoms with Crippen molar-refractivity contribution in [3.8, 4) is 0 Å². The van der Waals surface area contributed by atoms with E-state index in [-0.39, 0.29) is 18.1 Å². The minimum atomic E-state index is -3.18. The maximum Gasteiger partial charge on any atom is 0.269 e. The lowest BCUT2D eigenvalue weighted by Gasteiger charge is -2.38. The SMILES string of the molecule is O[C@@H]1COC(c2ncc3[nH]cnc3n2)[C@](O)(F)[C@@H]1O. The second kappa shape index (κ2) is 4.17. The molecule has 102 valence electrons. The number of aliphatic hydroxyl groups is 3. The number of halogens is 1. The first-order valence-electron chi connectivity index (χ1n) is 5.55. The normalized spacial score (nSPS) is 35.7. The summed E-state index contributed by atoms with van der Waals surface area (Å²) in [6, 6.07) is 0. The number of fused-ring (bicyclic) bond motifs is 1. The number of nitrogens with one attached hydrogen (secondary N) is 1. The highest BCUT2D eigenvalue weighted by atomic mass is 19.2. The number of alkyl halides is 1. The summed E-state index contributed by atoms with van der Waals surface area (Å²) in [7, 11) is 0. The Hall–Kier alpha value is -1.68. The summed E-state index contributed by atoms with van der Waals surface area (Å²) in [5.74, 6) is -3.34. The van der Waals surface area contributed by atoms with Crippen LogP contribution in [-0.4, -0.2) is 59.9 Å². The molecule has 3 heterocycles. The number of H-pyrrole nitrogens is 1. The van der Waals surface area contributed by atoms with E-state index in [0.717, 1.165) is 0 Å². The number of aromatic nitrogens is 4. The van der Waals surface area contributed by atoms with Gasteiger partial charge in [-0.2, -0.15) is 0 Å². The van der Waals surface area contributed by atoms with Gasteiger partial charge in [0.15, 0.2) is 17.6 Å². The number of rotatable bonds is 1. The van der Waals surface area contributed by atoms with Gasteiger partial charge in [-0.25, -0.2) is 19.3 Å². The average molecular weight is 270 g/mol. The second-order valence-corrected chi connectivity index (χ2v) is 4.32. The minimum Gasteiger partial charge on any atom is -0.388 e. The van der Waals surface area contributed by atoms with Crippen molar-refractivity contribution < 1.29 is 24.4 Å². The van der Waals surface area contributed by atoms with E-state index in [9.17, 15) is 19.7 Å². The summed E-state index contributed by atoms with van der Waals surface area (Å²) < 4.78 is 19.1. The van der Waals surface area contributed by atoms with Crippen molar-refractivity contribution in [3.05, 3.63) is 18.3 Å². The molecule has 0 spiro atoms. The molecule has 4 N–H and O–H groups in total. The maximum atomic E-state index is 14.1. The number of nitrogens with zero attached hydrogens (tertiary/aromatic N) is 3. The molecular formula is C10H11FN4O4. The standard InChI is InChI=1S/C10H11FN4O4/c11-10(18)6(17)5(16)2-19-7(10)9-12-1-4-8(15-9)14-3-13-4/h1,3,5-7,16-18H,2H2,(H,12,13,14,15)/t5-,6-,7?,10+/m1/s1. The van der Waals surface area contributed by atoms with Crippen LogP contribution in [0.4, 0.5) is 4.39 Å². The van der Waals surface area contributed by atoms with E-state index in [1.54, 1.807) is 0 Å². The van der Waals surface area contributed by atoms with E-state index < -0.39 is 24.2 Å². The van der Waals surface area contributed by atoms with Gasteiger partial charge in [-0.05, 0) is 0 Å². The predicted molar refractivity (Wildman–Crippen MR) is 58.4 cm³/mol. The second-order valence-electron chi connectivity index (χ2n) is 4.32. The van der Waals surface area contributed by atoms with E-state index in [4.69, 9.17) is 4.74 Å². The Kier molecular flexibility index (Phi) is 2.71. The van der Waals surface area contributed by atoms with Gasteiger partial charge >= 0.3 is 0 Å². The predicted octanol–water partition coefficient (Wildman–Crippen LogP) is -1.20. The molecule has 8 nitrogen and oxygen atoms in total. The Bertz CT molecular complexity index is 604. The number of hydrogen-bond donors (Lipinski definition) is 4. The van der Waals surface area contributed by atoms with Crippen molar-refractivity contribution >= 4 is 11.2 Å². The Morgan fingerprint density at radius 1 is 1.42 bits per heavy atom. The Morgan fingerprint density at radius 3 is 3.00 bits per heavy atom. The van der Waals surface area contributed by atoms with Crippen molar-refractivity contribution in [2.75, 3.05) is 6.61 Å². The van der Waals surface area contributed by atoms with Crippen LogP contribution in [0.2, 0.25) is 0 Å². The van der Waals surface area contributed by atoms with Gasteiger partial charge in [0.1, 0.15) is 17.7 Å². The molecule has 1 fully saturated rings. The first-order chi connectivity index (χ1) is 9.00. The van der Waals surface area contributed by atoms with Crippen molar-refractivity contribution in [1.82, 2.24) is 19.9 Å². The van der Waals surface area contributed by atoms with Gasteiger partial charge in [0.25, 0.3) is 5.85 Å². The van der Waals surface area contributed by atoms with Crippen LogP contribution in [0.3, 0.4) is 0 Å². The molecule has 19 heavy (non-hydrogen) atoms. The quantitative estimate of drug-likeness (QED) is 0.513. The fraction of sp³-hybridized carbons (Fsp3) is 0.500. The highest BCUT2D eigenvalue weighted by Crippen LogP contribution is 2.37. The molecule has 2 aromatic rings. The molecule has 0 radical (unpaired) electrons. The molecule has 0 aliphatic carbocycles. The van der Waals surface area contributed by atoms with Crippen molar-refractivity contribution in [3.63, 3.8) is 0 Å². The molecule has 0 aromatic carbocycles. The van der Waals surface area contributed by atoms with Gasteiger partial charge in [-0.3, -0.25) is 0 Å². The van der Waals surface area contributed by atoms with Gasteiger partial charge in [-0.1, -0.05) is 0 Å². The molecule has 9 heteroatoms. The fourth-order valence-corrected chi connectivity index (χ4v) is 1.96. The molecular weight excluding hydrogens is 259 g/mol. The molecule has 1 aliphatic rings. The van der Waals surface area contributed by atoms with Crippen LogP contribution >= 0.6 is 0 Å². The van der Waals surface area contributed by atoms with Crippen LogP contribution in [0, 0.1) is 0 Å². The smallest absolute Gasteiger partial charge is 0.269 e. The van der Waals surface area contributed by atoms with E-state index in [2.05, 4.69) is 19.9 Å². The third-order valence-corrected chi connectivity index (χ3v) is 3.01. The van der Waals surface area contributed by atoms with Crippen LogP contribution in [0.1, 0.15) is 11.9 Å². The van der Waals surface area contributed by atoms with Crippen LogP contribution in [0.5, 0.6) is 0 Å². The average Bonchev–Trinajstić information content (AvgIpc) is 2.83. The first-order valence-corrected chi connectivity index (χ1v) is 5.55. The van der Waals surface area contributed by atoms with Gasteiger partial charge in [0, 0.05) is 0 Å². The van der Waals surface area contributed by atoms with Crippen molar-refractivity contribution in [2.45, 2.75) is 24.2 Å². The molecule has 1 saturated heterocycles. The van der Waals surface area contributed by atoms with E-state index in [1.165, 1.54) is 12.5 Å². The molecule has 1 aliphatic heterocycles. The highest BCUT2D eigenvalue weighted by Gasteiger charge is 2.54. The Balaban J connectivity index is 2.00. The lowest BCUT2D eigenvalue weighted by molar-refractivity contribution is -0.302. The van der Waals surface area contributed by atoms with Crippen LogP contribution in [0.25, 0.3) is 11.2 Å². The molecule has 0 bridgehead atoms. The third kappa shape index (κ3) is 1.87. The highest BCUT2D eigenvalue weighted by molar-refractivity contribution is 5.68. The number of aromatic amines is 1. The lowest BCUT2D eigenvalue weighted by atomic mass is 9.97.